The molecule has 3 rings (SSSR count). The van der Waals surface area contributed by atoms with E-state index in [1.165, 1.54) is 4.80 Å². The van der Waals surface area contributed by atoms with Crippen LogP contribution in [0.3, 0.4) is 0 Å². The average Bonchev–Trinajstić information content (AvgIpc) is 3.02. The van der Waals surface area contributed by atoms with Crippen LogP contribution in [-0.4, -0.2) is 33.4 Å². The molecule has 0 aliphatic rings. The van der Waals surface area contributed by atoms with E-state index in [1.54, 1.807) is 31.2 Å². The van der Waals surface area contributed by atoms with Crippen molar-refractivity contribution in [2.45, 2.75) is 6.92 Å². The minimum atomic E-state index is -0.680. The molecule has 0 N–H and O–H groups in total. The third-order valence-electron chi connectivity index (χ3n) is 3.47. The average molecular weight is 400 g/mol. The molecule has 1 heterocycles. The van der Waals surface area contributed by atoms with E-state index in [1.807, 2.05) is 30.3 Å². The molecule has 0 unspecified atom stereocenters. The lowest BCUT2D eigenvalue weighted by Gasteiger charge is -2.04. The fraction of sp³-hybridized carbons (Fsp3) is 0.111. The van der Waals surface area contributed by atoms with Crippen LogP contribution in [0.5, 0.6) is 0 Å². The standard InChI is InChI=1S/C18H14BrN3O3/c1-12-17(21-22(20-12)13-7-3-2-4-8-13)18(24)25-11-16(23)14-9-5-6-10-15(14)19/h2-10H,11H2,1H3. The van der Waals surface area contributed by atoms with Gasteiger partial charge < -0.3 is 4.74 Å². The Hall–Kier alpha value is -2.80. The summed E-state index contributed by atoms with van der Waals surface area (Å²) in [6, 6.07) is 16.2. The van der Waals surface area contributed by atoms with Crippen LogP contribution in [-0.2, 0) is 4.74 Å². The molecule has 0 radical (unpaired) electrons. The molecule has 0 aliphatic heterocycles. The van der Waals surface area contributed by atoms with Gasteiger partial charge in [0.1, 0.15) is 0 Å². The van der Waals surface area contributed by atoms with E-state index in [9.17, 15) is 9.59 Å². The van der Waals surface area contributed by atoms with Crippen molar-refractivity contribution >= 4 is 27.7 Å². The molecule has 7 heteroatoms. The second-order valence-electron chi connectivity index (χ2n) is 5.24. The Balaban J connectivity index is 1.71. The summed E-state index contributed by atoms with van der Waals surface area (Å²) < 4.78 is 5.76. The predicted molar refractivity (Wildman–Crippen MR) is 94.9 cm³/mol. The van der Waals surface area contributed by atoms with Gasteiger partial charge >= 0.3 is 5.97 Å². The Morgan fingerprint density at radius 1 is 1.04 bits per heavy atom. The topological polar surface area (TPSA) is 74.1 Å². The number of aromatic nitrogens is 3. The number of ketones is 1. The van der Waals surface area contributed by atoms with Crippen LogP contribution in [0, 0.1) is 6.92 Å². The number of carbonyl (C=O) groups is 2. The molecule has 3 aromatic rings. The number of Topliss-reactive ketones (excluding diaryl/α,β-unsaturated/α-hetero) is 1. The lowest BCUT2D eigenvalue weighted by atomic mass is 10.1. The van der Waals surface area contributed by atoms with Crippen molar-refractivity contribution in [3.8, 4) is 5.69 Å². The molecule has 126 valence electrons. The summed E-state index contributed by atoms with van der Waals surface area (Å²) >= 11 is 3.30. The normalized spacial score (nSPS) is 10.5. The molecule has 0 atom stereocenters. The largest absolute Gasteiger partial charge is 0.452 e. The highest BCUT2D eigenvalue weighted by Gasteiger charge is 2.20. The smallest absolute Gasteiger partial charge is 0.361 e. The maximum Gasteiger partial charge on any atom is 0.361 e. The van der Waals surface area contributed by atoms with Gasteiger partial charge in [-0.3, -0.25) is 4.79 Å². The maximum absolute atomic E-state index is 12.2. The summed E-state index contributed by atoms with van der Waals surface area (Å²) in [7, 11) is 0. The van der Waals surface area contributed by atoms with Gasteiger partial charge in [-0.25, -0.2) is 4.79 Å². The van der Waals surface area contributed by atoms with Crippen LogP contribution in [0.25, 0.3) is 5.69 Å². The van der Waals surface area contributed by atoms with Crippen molar-refractivity contribution in [3.63, 3.8) is 0 Å². The van der Waals surface area contributed by atoms with E-state index in [0.717, 1.165) is 5.69 Å². The molecule has 0 saturated carbocycles. The highest BCUT2D eigenvalue weighted by atomic mass is 79.9. The molecule has 0 saturated heterocycles. The molecule has 25 heavy (non-hydrogen) atoms. The minimum Gasteiger partial charge on any atom is -0.452 e. The van der Waals surface area contributed by atoms with E-state index in [-0.39, 0.29) is 18.1 Å². The summed E-state index contributed by atoms with van der Waals surface area (Å²) in [6.45, 7) is 1.30. The predicted octanol–water partition coefficient (Wildman–Crippen LogP) is 3.38. The number of hydrogen-bond donors (Lipinski definition) is 0. The Labute approximate surface area is 152 Å². The fourth-order valence-corrected chi connectivity index (χ4v) is 2.71. The third-order valence-corrected chi connectivity index (χ3v) is 4.16. The van der Waals surface area contributed by atoms with Gasteiger partial charge in [-0.05, 0) is 25.1 Å². The van der Waals surface area contributed by atoms with Crippen LogP contribution in [0.15, 0.2) is 59.1 Å². The number of esters is 1. The van der Waals surface area contributed by atoms with E-state index in [2.05, 4.69) is 26.1 Å². The highest BCUT2D eigenvalue weighted by Crippen LogP contribution is 2.17. The summed E-state index contributed by atoms with van der Waals surface area (Å²) in [5.41, 5.74) is 1.71. The molecular weight excluding hydrogens is 386 g/mol. The van der Waals surface area contributed by atoms with E-state index < -0.39 is 5.97 Å². The van der Waals surface area contributed by atoms with Gasteiger partial charge in [0.25, 0.3) is 0 Å². The lowest BCUT2D eigenvalue weighted by molar-refractivity contribution is 0.0467. The molecule has 0 spiro atoms. The van der Waals surface area contributed by atoms with Gasteiger partial charge in [0.05, 0.1) is 11.4 Å². The van der Waals surface area contributed by atoms with Crippen LogP contribution < -0.4 is 0 Å². The van der Waals surface area contributed by atoms with Gasteiger partial charge in [0, 0.05) is 10.0 Å². The van der Waals surface area contributed by atoms with Gasteiger partial charge in [0.15, 0.2) is 12.3 Å². The van der Waals surface area contributed by atoms with Crippen LogP contribution >= 0.6 is 15.9 Å². The molecular formula is C18H14BrN3O3. The van der Waals surface area contributed by atoms with E-state index in [0.29, 0.717) is 15.7 Å². The first kappa shape index (κ1) is 17.0. The number of nitrogens with zero attached hydrogens (tertiary/aromatic N) is 3. The Morgan fingerprint density at radius 3 is 2.44 bits per heavy atom. The van der Waals surface area contributed by atoms with Crippen LogP contribution in [0.2, 0.25) is 0 Å². The van der Waals surface area contributed by atoms with Crippen molar-refractivity contribution in [2.75, 3.05) is 6.61 Å². The monoisotopic (exact) mass is 399 g/mol. The fourth-order valence-electron chi connectivity index (χ4n) is 2.21. The second kappa shape index (κ2) is 7.40. The number of benzene rings is 2. The first-order valence-electron chi connectivity index (χ1n) is 7.50. The first-order valence-corrected chi connectivity index (χ1v) is 8.30. The molecule has 1 aromatic heterocycles. The van der Waals surface area contributed by atoms with Crippen LogP contribution in [0.4, 0.5) is 0 Å². The molecule has 0 bridgehead atoms. The number of carbonyl (C=O) groups excluding carboxylic acids is 2. The minimum absolute atomic E-state index is 0.0868. The molecule has 6 nitrogen and oxygen atoms in total. The molecule has 0 aliphatic carbocycles. The Morgan fingerprint density at radius 2 is 1.72 bits per heavy atom. The van der Waals surface area contributed by atoms with E-state index >= 15 is 0 Å². The van der Waals surface area contributed by atoms with Gasteiger partial charge in [-0.15, -0.1) is 5.10 Å². The number of rotatable bonds is 5. The van der Waals surface area contributed by atoms with Gasteiger partial charge in [0.2, 0.25) is 5.78 Å². The van der Waals surface area contributed by atoms with Crippen molar-refractivity contribution in [2.24, 2.45) is 0 Å². The van der Waals surface area contributed by atoms with Gasteiger partial charge in [-0.2, -0.15) is 9.90 Å². The maximum atomic E-state index is 12.2. The Kier molecular flexibility index (Phi) is 5.04. The summed E-state index contributed by atoms with van der Waals surface area (Å²) in [4.78, 5) is 25.8. The number of para-hydroxylation sites is 1. The van der Waals surface area contributed by atoms with Crippen molar-refractivity contribution in [1.82, 2.24) is 15.0 Å². The summed E-state index contributed by atoms with van der Waals surface area (Å²) in [6.07, 6.45) is 0. The number of ether oxygens (including phenoxy) is 1. The third kappa shape index (κ3) is 3.83. The molecule has 2 aromatic carbocycles. The second-order valence-corrected chi connectivity index (χ2v) is 6.09. The number of halogens is 1. The highest BCUT2D eigenvalue weighted by molar-refractivity contribution is 9.10. The Bertz CT molecular complexity index is 922. The summed E-state index contributed by atoms with van der Waals surface area (Å²) in [5.74, 6) is -0.978. The lowest BCUT2D eigenvalue weighted by Crippen LogP contribution is -2.16. The quantitative estimate of drug-likeness (QED) is 0.485. The molecule has 0 amide bonds. The first-order chi connectivity index (χ1) is 12.1. The summed E-state index contributed by atoms with van der Waals surface area (Å²) in [5, 5.41) is 8.37. The van der Waals surface area contributed by atoms with E-state index in [4.69, 9.17) is 4.74 Å². The molecule has 0 fully saturated rings. The van der Waals surface area contributed by atoms with Crippen molar-refractivity contribution < 1.29 is 14.3 Å². The van der Waals surface area contributed by atoms with Crippen molar-refractivity contribution in [1.29, 1.82) is 0 Å². The number of aryl methyl sites for hydroxylation is 1. The zero-order valence-electron chi connectivity index (χ0n) is 13.3. The van der Waals surface area contributed by atoms with Gasteiger partial charge in [-0.1, -0.05) is 52.3 Å². The zero-order chi connectivity index (χ0) is 17.8. The van der Waals surface area contributed by atoms with Crippen molar-refractivity contribution in [3.05, 3.63) is 76.0 Å². The number of hydrogen-bond acceptors (Lipinski definition) is 5. The SMILES string of the molecule is Cc1nn(-c2ccccc2)nc1C(=O)OCC(=O)c1ccccc1Br. The van der Waals surface area contributed by atoms with Crippen LogP contribution in [0.1, 0.15) is 26.5 Å². The zero-order valence-corrected chi connectivity index (χ0v) is 14.9.